The first kappa shape index (κ1) is 13.3. The van der Waals surface area contributed by atoms with Crippen LogP contribution in [-0.2, 0) is 12.4 Å². The van der Waals surface area contributed by atoms with Crippen LogP contribution in [0.5, 0.6) is 0 Å². The molecule has 0 saturated carbocycles. The van der Waals surface area contributed by atoms with E-state index in [0.717, 1.165) is 12.5 Å². The van der Waals surface area contributed by atoms with E-state index in [1.54, 1.807) is 4.57 Å². The van der Waals surface area contributed by atoms with Gasteiger partial charge in [0, 0.05) is 6.54 Å². The first-order valence-corrected chi connectivity index (χ1v) is 6.51. The van der Waals surface area contributed by atoms with Gasteiger partial charge in [-0.2, -0.15) is 0 Å². The number of rotatable bonds is 4. The van der Waals surface area contributed by atoms with Gasteiger partial charge in [0.25, 0.3) is 0 Å². The fraction of sp³-hybridized carbons (Fsp3) is 0.462. The Kier molecular flexibility index (Phi) is 3.85. The van der Waals surface area contributed by atoms with Crippen LogP contribution in [0.3, 0.4) is 0 Å². The van der Waals surface area contributed by atoms with Gasteiger partial charge in [0.15, 0.2) is 11.6 Å². The molecule has 1 atom stereocenters. The van der Waals surface area contributed by atoms with Crippen molar-refractivity contribution in [2.75, 3.05) is 0 Å². The molecule has 1 unspecified atom stereocenters. The van der Waals surface area contributed by atoms with E-state index in [4.69, 9.17) is 11.6 Å². The number of aromatic nitrogens is 2. The Labute approximate surface area is 110 Å². The van der Waals surface area contributed by atoms with Gasteiger partial charge in [0.05, 0.1) is 11.4 Å². The molecule has 1 heterocycles. The first-order valence-electron chi connectivity index (χ1n) is 5.97. The molecule has 2 rings (SSSR count). The summed E-state index contributed by atoms with van der Waals surface area (Å²) in [5, 5.41) is 0. The standard InChI is InChI=1S/C13H15ClF2N2/c1-3-8(2)7-18-11(6-14)17-10-5-4-9(15)12(16)13(10)18/h4-5,8H,3,6-7H2,1-2H3. The van der Waals surface area contributed by atoms with Crippen LogP contribution in [0, 0.1) is 17.6 Å². The minimum Gasteiger partial charge on any atom is -0.324 e. The number of hydrogen-bond donors (Lipinski definition) is 0. The summed E-state index contributed by atoms with van der Waals surface area (Å²) in [6.07, 6.45) is 0.957. The number of halogens is 3. The van der Waals surface area contributed by atoms with E-state index in [1.165, 1.54) is 6.07 Å². The maximum atomic E-state index is 13.9. The highest BCUT2D eigenvalue weighted by molar-refractivity contribution is 6.16. The molecule has 1 aromatic heterocycles. The van der Waals surface area contributed by atoms with Crippen molar-refractivity contribution >= 4 is 22.6 Å². The largest absolute Gasteiger partial charge is 0.324 e. The van der Waals surface area contributed by atoms with Crippen molar-refractivity contribution in [3.8, 4) is 0 Å². The lowest BCUT2D eigenvalue weighted by atomic mass is 10.1. The molecular weight excluding hydrogens is 258 g/mol. The second-order valence-electron chi connectivity index (χ2n) is 4.51. The molecule has 0 aliphatic rings. The van der Waals surface area contributed by atoms with Crippen molar-refractivity contribution in [2.24, 2.45) is 5.92 Å². The third-order valence-corrected chi connectivity index (χ3v) is 3.43. The third-order valence-electron chi connectivity index (χ3n) is 3.19. The second kappa shape index (κ2) is 5.22. The summed E-state index contributed by atoms with van der Waals surface area (Å²) in [7, 11) is 0. The van der Waals surface area contributed by atoms with E-state index in [1.807, 2.05) is 0 Å². The lowest BCUT2D eigenvalue weighted by Gasteiger charge is -2.13. The van der Waals surface area contributed by atoms with Gasteiger partial charge in [0.1, 0.15) is 11.3 Å². The number of alkyl halides is 1. The average molecular weight is 273 g/mol. The monoisotopic (exact) mass is 272 g/mol. The lowest BCUT2D eigenvalue weighted by molar-refractivity contribution is 0.459. The van der Waals surface area contributed by atoms with Crippen LogP contribution in [0.2, 0.25) is 0 Å². The average Bonchev–Trinajstić information content (AvgIpc) is 2.72. The summed E-state index contributed by atoms with van der Waals surface area (Å²) in [6.45, 7) is 4.71. The predicted molar refractivity (Wildman–Crippen MR) is 68.7 cm³/mol. The van der Waals surface area contributed by atoms with Crippen LogP contribution in [-0.4, -0.2) is 9.55 Å². The summed E-state index contributed by atoms with van der Waals surface area (Å²) >= 11 is 5.82. The molecule has 2 nitrogen and oxygen atoms in total. The normalized spacial score (nSPS) is 13.2. The Hall–Kier alpha value is -1.16. The third kappa shape index (κ3) is 2.21. The lowest BCUT2D eigenvalue weighted by Crippen LogP contribution is -2.10. The van der Waals surface area contributed by atoms with Crippen LogP contribution in [0.25, 0.3) is 11.0 Å². The summed E-state index contributed by atoms with van der Waals surface area (Å²) in [6, 6.07) is 2.58. The van der Waals surface area contributed by atoms with E-state index in [2.05, 4.69) is 18.8 Å². The van der Waals surface area contributed by atoms with Gasteiger partial charge in [-0.3, -0.25) is 0 Å². The molecule has 2 aromatic rings. The van der Waals surface area contributed by atoms with Crippen molar-refractivity contribution in [3.63, 3.8) is 0 Å². The molecule has 5 heteroatoms. The number of benzene rings is 1. The molecule has 1 aromatic carbocycles. The van der Waals surface area contributed by atoms with Crippen molar-refractivity contribution < 1.29 is 8.78 Å². The zero-order valence-electron chi connectivity index (χ0n) is 10.4. The predicted octanol–water partition coefficient (Wildman–Crippen LogP) is 4.10. The van der Waals surface area contributed by atoms with Crippen LogP contribution in [0.1, 0.15) is 26.1 Å². The molecule has 0 saturated heterocycles. The molecule has 0 radical (unpaired) electrons. The summed E-state index contributed by atoms with van der Waals surface area (Å²) in [5.74, 6) is -0.580. The van der Waals surface area contributed by atoms with Gasteiger partial charge >= 0.3 is 0 Å². The molecule has 98 valence electrons. The fourth-order valence-corrected chi connectivity index (χ4v) is 2.15. The van der Waals surface area contributed by atoms with Gasteiger partial charge in [-0.25, -0.2) is 13.8 Å². The topological polar surface area (TPSA) is 17.8 Å². The Morgan fingerprint density at radius 2 is 2.11 bits per heavy atom. The van der Waals surface area contributed by atoms with E-state index in [-0.39, 0.29) is 11.4 Å². The van der Waals surface area contributed by atoms with Gasteiger partial charge in [-0.15, -0.1) is 11.6 Å². The van der Waals surface area contributed by atoms with Crippen LogP contribution >= 0.6 is 11.6 Å². The maximum Gasteiger partial charge on any atom is 0.184 e. The van der Waals surface area contributed by atoms with Gasteiger partial charge < -0.3 is 4.57 Å². The number of hydrogen-bond acceptors (Lipinski definition) is 1. The highest BCUT2D eigenvalue weighted by Gasteiger charge is 2.17. The van der Waals surface area contributed by atoms with Crippen LogP contribution < -0.4 is 0 Å². The van der Waals surface area contributed by atoms with E-state index >= 15 is 0 Å². The molecule has 0 spiro atoms. The highest BCUT2D eigenvalue weighted by atomic mass is 35.5. The van der Waals surface area contributed by atoms with Crippen molar-refractivity contribution in [3.05, 3.63) is 29.6 Å². The minimum absolute atomic E-state index is 0.187. The molecule has 18 heavy (non-hydrogen) atoms. The Balaban J connectivity index is 2.63. The minimum atomic E-state index is -0.853. The zero-order valence-corrected chi connectivity index (χ0v) is 11.1. The summed E-state index contributed by atoms with van der Waals surface area (Å²) < 4.78 is 28.9. The molecule has 0 N–H and O–H groups in total. The quantitative estimate of drug-likeness (QED) is 0.766. The number of imidazole rings is 1. The van der Waals surface area contributed by atoms with Gasteiger partial charge in [-0.05, 0) is 18.1 Å². The first-order chi connectivity index (χ1) is 8.58. The zero-order chi connectivity index (χ0) is 13.3. The molecule has 0 amide bonds. The number of nitrogens with zero attached hydrogens (tertiary/aromatic N) is 2. The van der Waals surface area contributed by atoms with E-state index < -0.39 is 11.6 Å². The SMILES string of the molecule is CCC(C)Cn1c(CCl)nc2ccc(F)c(F)c21. The van der Waals surface area contributed by atoms with E-state index in [0.29, 0.717) is 23.8 Å². The van der Waals surface area contributed by atoms with E-state index in [9.17, 15) is 8.78 Å². The molecule has 0 aliphatic carbocycles. The second-order valence-corrected chi connectivity index (χ2v) is 4.78. The van der Waals surface area contributed by atoms with Crippen molar-refractivity contribution in [1.82, 2.24) is 9.55 Å². The Morgan fingerprint density at radius 3 is 2.72 bits per heavy atom. The Morgan fingerprint density at radius 1 is 1.39 bits per heavy atom. The van der Waals surface area contributed by atoms with Crippen LogP contribution in [0.15, 0.2) is 12.1 Å². The summed E-state index contributed by atoms with van der Waals surface area (Å²) in [4.78, 5) is 4.24. The maximum absolute atomic E-state index is 13.9. The Bertz CT molecular complexity index is 566. The highest BCUT2D eigenvalue weighted by Crippen LogP contribution is 2.24. The molecule has 0 aliphatic heterocycles. The van der Waals surface area contributed by atoms with Gasteiger partial charge in [-0.1, -0.05) is 20.3 Å². The van der Waals surface area contributed by atoms with Crippen molar-refractivity contribution in [2.45, 2.75) is 32.7 Å². The van der Waals surface area contributed by atoms with Crippen LogP contribution in [0.4, 0.5) is 8.78 Å². The number of fused-ring (bicyclic) bond motifs is 1. The summed E-state index contributed by atoms with van der Waals surface area (Å²) in [5.41, 5.74) is 0.666. The van der Waals surface area contributed by atoms with Gasteiger partial charge in [0.2, 0.25) is 0 Å². The smallest absolute Gasteiger partial charge is 0.184 e. The fourth-order valence-electron chi connectivity index (χ4n) is 1.94. The van der Waals surface area contributed by atoms with Crippen molar-refractivity contribution in [1.29, 1.82) is 0 Å². The molecular formula is C13H15ClF2N2. The molecule has 0 bridgehead atoms. The molecule has 0 fully saturated rings.